The number of amides is 1. The van der Waals surface area contributed by atoms with Crippen LogP contribution >= 0.6 is 0 Å². The second-order valence-corrected chi connectivity index (χ2v) is 7.43. The largest absolute Gasteiger partial charge is 0.481 e. The van der Waals surface area contributed by atoms with Crippen molar-refractivity contribution in [2.45, 2.75) is 31.7 Å². The van der Waals surface area contributed by atoms with Crippen LogP contribution in [0.5, 0.6) is 0 Å². The second-order valence-electron chi connectivity index (χ2n) is 5.49. The van der Waals surface area contributed by atoms with Gasteiger partial charge in [-0.15, -0.1) is 0 Å². The minimum atomic E-state index is -3.41. The number of sulfonamides is 1. The molecule has 2 aliphatic rings. The van der Waals surface area contributed by atoms with Crippen LogP contribution in [-0.2, 0) is 19.6 Å². The lowest BCUT2D eigenvalue weighted by Gasteiger charge is -2.34. The van der Waals surface area contributed by atoms with Crippen LogP contribution in [0.4, 0.5) is 0 Å². The molecule has 0 aromatic heterocycles. The maximum Gasteiger partial charge on any atom is 0.308 e. The van der Waals surface area contributed by atoms with Crippen molar-refractivity contribution in [3.8, 4) is 0 Å². The van der Waals surface area contributed by atoms with Crippen LogP contribution in [-0.4, -0.2) is 66.5 Å². The van der Waals surface area contributed by atoms with Crippen LogP contribution in [0.3, 0.4) is 0 Å². The van der Waals surface area contributed by atoms with Crippen molar-refractivity contribution in [2.75, 3.05) is 25.9 Å². The van der Waals surface area contributed by atoms with E-state index in [2.05, 4.69) is 0 Å². The Bertz CT molecular complexity index is 504. The number of piperidine rings is 1. The Kier molecular flexibility index (Phi) is 4.33. The number of hydrogen-bond donors (Lipinski definition) is 1. The van der Waals surface area contributed by atoms with E-state index in [4.69, 9.17) is 5.11 Å². The normalized spacial score (nSPS) is 28.6. The van der Waals surface area contributed by atoms with Gasteiger partial charge < -0.3 is 10.0 Å². The van der Waals surface area contributed by atoms with Gasteiger partial charge in [-0.2, -0.15) is 4.31 Å². The molecule has 20 heavy (non-hydrogen) atoms. The fourth-order valence-electron chi connectivity index (χ4n) is 2.92. The smallest absolute Gasteiger partial charge is 0.308 e. The van der Waals surface area contributed by atoms with E-state index in [1.54, 1.807) is 0 Å². The minimum absolute atomic E-state index is 0.183. The van der Waals surface area contributed by atoms with Crippen LogP contribution in [0.15, 0.2) is 0 Å². The maximum atomic E-state index is 12.5. The second kappa shape index (κ2) is 5.69. The van der Waals surface area contributed by atoms with Gasteiger partial charge in [0.1, 0.15) is 6.04 Å². The lowest BCUT2D eigenvalue weighted by Crippen LogP contribution is -2.52. The average Bonchev–Trinajstić information content (AvgIpc) is 2.86. The molecule has 2 fully saturated rings. The Morgan fingerprint density at radius 3 is 2.40 bits per heavy atom. The number of rotatable bonds is 3. The van der Waals surface area contributed by atoms with E-state index in [0.29, 0.717) is 25.9 Å². The van der Waals surface area contributed by atoms with Crippen LogP contribution < -0.4 is 0 Å². The fraction of sp³-hybridized carbons (Fsp3) is 0.833. The standard InChI is InChI=1S/C12H20N2O5S/c1-20(18,19)14-6-3-2-4-10(14)11(15)13-7-5-9(8-13)12(16)17/h9-10H,2-8H2,1H3,(H,16,17)/t9-,10+/m1/s1. The van der Waals surface area contributed by atoms with Crippen molar-refractivity contribution >= 4 is 21.9 Å². The number of carboxylic acids is 1. The van der Waals surface area contributed by atoms with Gasteiger partial charge in [0.2, 0.25) is 15.9 Å². The van der Waals surface area contributed by atoms with E-state index in [0.717, 1.165) is 19.1 Å². The van der Waals surface area contributed by atoms with Crippen molar-refractivity contribution in [3.63, 3.8) is 0 Å². The molecule has 0 aromatic rings. The summed E-state index contributed by atoms with van der Waals surface area (Å²) in [4.78, 5) is 24.9. The number of likely N-dealkylation sites (tertiary alicyclic amines) is 1. The summed E-state index contributed by atoms with van der Waals surface area (Å²) in [6.07, 6.45) is 3.64. The molecular formula is C12H20N2O5S. The van der Waals surface area contributed by atoms with Crippen molar-refractivity contribution in [2.24, 2.45) is 5.92 Å². The molecule has 1 amide bonds. The molecule has 0 bridgehead atoms. The number of carbonyl (C=O) groups excluding carboxylic acids is 1. The van der Waals surface area contributed by atoms with E-state index in [1.165, 1.54) is 9.21 Å². The lowest BCUT2D eigenvalue weighted by molar-refractivity contribution is -0.141. The van der Waals surface area contributed by atoms with Crippen molar-refractivity contribution < 1.29 is 23.1 Å². The SMILES string of the molecule is CS(=O)(=O)N1CCCC[C@H]1C(=O)N1CC[C@@H](C(=O)O)C1. The van der Waals surface area contributed by atoms with E-state index >= 15 is 0 Å². The molecule has 2 heterocycles. The van der Waals surface area contributed by atoms with Crippen LogP contribution in [0, 0.1) is 5.92 Å². The Morgan fingerprint density at radius 1 is 1.15 bits per heavy atom. The first kappa shape index (κ1) is 15.2. The highest BCUT2D eigenvalue weighted by Gasteiger charge is 2.39. The first-order valence-corrected chi connectivity index (χ1v) is 8.64. The molecule has 0 unspecified atom stereocenters. The van der Waals surface area contributed by atoms with Crippen molar-refractivity contribution in [1.82, 2.24) is 9.21 Å². The monoisotopic (exact) mass is 304 g/mol. The van der Waals surface area contributed by atoms with Crippen molar-refractivity contribution in [3.05, 3.63) is 0 Å². The third kappa shape index (κ3) is 3.12. The summed E-state index contributed by atoms with van der Waals surface area (Å²) in [7, 11) is -3.41. The maximum absolute atomic E-state index is 12.5. The van der Waals surface area contributed by atoms with E-state index < -0.39 is 28.0 Å². The van der Waals surface area contributed by atoms with E-state index in [9.17, 15) is 18.0 Å². The fourth-order valence-corrected chi connectivity index (χ4v) is 4.04. The van der Waals surface area contributed by atoms with Gasteiger partial charge in [0, 0.05) is 19.6 Å². The molecule has 114 valence electrons. The predicted molar refractivity (Wildman–Crippen MR) is 71.5 cm³/mol. The van der Waals surface area contributed by atoms with Crippen molar-refractivity contribution in [1.29, 1.82) is 0 Å². The Hall–Kier alpha value is -1.15. The van der Waals surface area contributed by atoms with E-state index in [1.807, 2.05) is 0 Å². The zero-order valence-corrected chi connectivity index (χ0v) is 12.3. The van der Waals surface area contributed by atoms with Gasteiger partial charge >= 0.3 is 5.97 Å². The molecule has 0 saturated carbocycles. The molecule has 2 saturated heterocycles. The summed E-state index contributed by atoms with van der Waals surface area (Å²) < 4.78 is 24.8. The zero-order chi connectivity index (χ0) is 14.9. The lowest BCUT2D eigenvalue weighted by atomic mass is 10.0. The third-order valence-corrected chi connectivity index (χ3v) is 5.30. The van der Waals surface area contributed by atoms with Gasteiger partial charge in [0.25, 0.3) is 0 Å². The molecule has 0 aromatic carbocycles. The summed E-state index contributed by atoms with van der Waals surface area (Å²) in [5, 5.41) is 8.96. The number of aliphatic carboxylic acids is 1. The average molecular weight is 304 g/mol. The highest BCUT2D eigenvalue weighted by atomic mass is 32.2. The van der Waals surface area contributed by atoms with Crippen LogP contribution in [0.1, 0.15) is 25.7 Å². The number of nitrogens with zero attached hydrogens (tertiary/aromatic N) is 2. The highest BCUT2D eigenvalue weighted by Crippen LogP contribution is 2.24. The molecule has 8 heteroatoms. The molecule has 7 nitrogen and oxygen atoms in total. The molecule has 2 rings (SSSR count). The summed E-state index contributed by atoms with van der Waals surface area (Å²) in [5.74, 6) is -1.68. The summed E-state index contributed by atoms with van der Waals surface area (Å²) >= 11 is 0. The zero-order valence-electron chi connectivity index (χ0n) is 11.5. The topological polar surface area (TPSA) is 95.0 Å². The first-order valence-electron chi connectivity index (χ1n) is 6.79. The quantitative estimate of drug-likeness (QED) is 0.774. The van der Waals surface area contributed by atoms with Gasteiger partial charge in [-0.1, -0.05) is 6.42 Å². The summed E-state index contributed by atoms with van der Waals surface area (Å²) in [5.41, 5.74) is 0. The highest BCUT2D eigenvalue weighted by molar-refractivity contribution is 7.88. The minimum Gasteiger partial charge on any atom is -0.481 e. The summed E-state index contributed by atoms with van der Waals surface area (Å²) in [6, 6.07) is -0.661. The number of carbonyl (C=O) groups is 2. The van der Waals surface area contributed by atoms with Gasteiger partial charge in [-0.25, -0.2) is 8.42 Å². The number of hydrogen-bond acceptors (Lipinski definition) is 4. The predicted octanol–water partition coefficient (Wildman–Crippen LogP) is -0.266. The molecule has 1 N–H and O–H groups in total. The molecule has 2 atom stereocenters. The van der Waals surface area contributed by atoms with Crippen LogP contribution in [0.2, 0.25) is 0 Å². The molecule has 0 radical (unpaired) electrons. The third-order valence-electron chi connectivity index (χ3n) is 4.01. The Labute approximate surface area is 118 Å². The molecule has 0 aliphatic carbocycles. The summed E-state index contributed by atoms with van der Waals surface area (Å²) in [6.45, 7) is 0.942. The Morgan fingerprint density at radius 2 is 1.85 bits per heavy atom. The van der Waals surface area contributed by atoms with E-state index in [-0.39, 0.29) is 12.5 Å². The number of carboxylic acid groups (broad SMARTS) is 1. The first-order chi connectivity index (χ1) is 9.30. The van der Waals surface area contributed by atoms with Crippen LogP contribution in [0.25, 0.3) is 0 Å². The van der Waals surface area contributed by atoms with Gasteiger partial charge in [-0.05, 0) is 19.3 Å². The van der Waals surface area contributed by atoms with Gasteiger partial charge in [0.15, 0.2) is 0 Å². The molecule has 0 spiro atoms. The van der Waals surface area contributed by atoms with Gasteiger partial charge in [0.05, 0.1) is 12.2 Å². The van der Waals surface area contributed by atoms with Gasteiger partial charge in [-0.3, -0.25) is 9.59 Å². The Balaban J connectivity index is 2.09. The molecule has 2 aliphatic heterocycles. The molecular weight excluding hydrogens is 284 g/mol.